The van der Waals surface area contributed by atoms with E-state index in [0.717, 1.165) is 19.4 Å². The number of amides is 1. The van der Waals surface area contributed by atoms with E-state index < -0.39 is 5.97 Å². The van der Waals surface area contributed by atoms with E-state index in [2.05, 4.69) is 0 Å². The van der Waals surface area contributed by atoms with Gasteiger partial charge in [-0.1, -0.05) is 0 Å². The first-order valence-electron chi connectivity index (χ1n) is 6.89. The van der Waals surface area contributed by atoms with Gasteiger partial charge in [0.25, 0.3) is 0 Å². The number of hydrogen-bond acceptors (Lipinski definition) is 3. The van der Waals surface area contributed by atoms with Crippen LogP contribution in [0.5, 0.6) is 0 Å². The zero-order chi connectivity index (χ0) is 14.5. The Morgan fingerprint density at radius 1 is 1.55 bits per heavy atom. The van der Waals surface area contributed by atoms with Crippen molar-refractivity contribution in [3.05, 3.63) is 24.0 Å². The number of aromatic carboxylic acids is 1. The van der Waals surface area contributed by atoms with E-state index in [1.807, 2.05) is 6.92 Å². The number of carbonyl (C=O) groups is 2. The third-order valence-electron chi connectivity index (χ3n) is 3.54. The van der Waals surface area contributed by atoms with Crippen molar-refractivity contribution in [1.82, 2.24) is 9.47 Å². The zero-order valence-corrected chi connectivity index (χ0v) is 11.6. The molecule has 6 heteroatoms. The van der Waals surface area contributed by atoms with Gasteiger partial charge in [0.2, 0.25) is 5.91 Å². The first-order valence-corrected chi connectivity index (χ1v) is 6.89. The summed E-state index contributed by atoms with van der Waals surface area (Å²) in [5.41, 5.74) is 0.131. The second-order valence-corrected chi connectivity index (χ2v) is 4.89. The van der Waals surface area contributed by atoms with Crippen LogP contribution in [-0.4, -0.2) is 52.3 Å². The SMILES string of the molecule is CCN(CC1CCCO1)C(=O)Cn1cccc1C(=O)O. The van der Waals surface area contributed by atoms with Gasteiger partial charge in [-0.3, -0.25) is 4.79 Å². The van der Waals surface area contributed by atoms with Gasteiger partial charge in [0, 0.05) is 25.9 Å². The Morgan fingerprint density at radius 3 is 2.95 bits per heavy atom. The first kappa shape index (κ1) is 14.6. The number of carboxylic acid groups (broad SMARTS) is 1. The van der Waals surface area contributed by atoms with Crippen LogP contribution in [0.1, 0.15) is 30.3 Å². The van der Waals surface area contributed by atoms with Gasteiger partial charge < -0.3 is 19.3 Å². The van der Waals surface area contributed by atoms with Crippen LogP contribution in [0.4, 0.5) is 0 Å². The van der Waals surface area contributed by atoms with Crippen molar-refractivity contribution in [2.45, 2.75) is 32.4 Å². The Kier molecular flexibility index (Phi) is 4.79. The lowest BCUT2D eigenvalue weighted by molar-refractivity contribution is -0.133. The summed E-state index contributed by atoms with van der Waals surface area (Å²) in [4.78, 5) is 25.0. The van der Waals surface area contributed by atoms with Gasteiger partial charge in [-0.15, -0.1) is 0 Å². The first-order chi connectivity index (χ1) is 9.61. The monoisotopic (exact) mass is 280 g/mol. The molecule has 0 radical (unpaired) electrons. The van der Waals surface area contributed by atoms with Crippen LogP contribution < -0.4 is 0 Å². The average molecular weight is 280 g/mol. The van der Waals surface area contributed by atoms with Crippen molar-refractivity contribution in [2.75, 3.05) is 19.7 Å². The summed E-state index contributed by atoms with van der Waals surface area (Å²) in [7, 11) is 0. The van der Waals surface area contributed by atoms with E-state index >= 15 is 0 Å². The standard InChI is InChI=1S/C14H20N2O4/c1-2-15(9-11-5-4-8-20-11)13(17)10-16-7-3-6-12(16)14(18)19/h3,6-7,11H,2,4-5,8-10H2,1H3,(H,18,19). The molecule has 2 rings (SSSR count). The number of carboxylic acids is 1. The van der Waals surface area contributed by atoms with Crippen LogP contribution in [0.15, 0.2) is 18.3 Å². The second kappa shape index (κ2) is 6.56. The molecule has 6 nitrogen and oxygen atoms in total. The highest BCUT2D eigenvalue weighted by Gasteiger charge is 2.22. The van der Waals surface area contributed by atoms with Crippen molar-refractivity contribution in [2.24, 2.45) is 0 Å². The lowest BCUT2D eigenvalue weighted by atomic mass is 10.2. The quantitative estimate of drug-likeness (QED) is 0.850. The summed E-state index contributed by atoms with van der Waals surface area (Å²) in [6, 6.07) is 3.12. The molecule has 1 atom stereocenters. The molecule has 20 heavy (non-hydrogen) atoms. The number of nitrogens with zero attached hydrogens (tertiary/aromatic N) is 2. The van der Waals surface area contributed by atoms with Gasteiger partial charge in [0.1, 0.15) is 12.2 Å². The minimum atomic E-state index is -1.02. The molecule has 110 valence electrons. The third kappa shape index (κ3) is 3.39. The molecule has 0 spiro atoms. The van der Waals surface area contributed by atoms with Crippen LogP contribution in [0.25, 0.3) is 0 Å². The summed E-state index contributed by atoms with van der Waals surface area (Å²) in [6.07, 6.45) is 3.74. The molecule has 0 saturated carbocycles. The van der Waals surface area contributed by atoms with Gasteiger partial charge in [0.05, 0.1) is 6.10 Å². The average Bonchev–Trinajstić information content (AvgIpc) is 3.06. The summed E-state index contributed by atoms with van der Waals surface area (Å²) >= 11 is 0. The molecule has 0 bridgehead atoms. The highest BCUT2D eigenvalue weighted by molar-refractivity contribution is 5.86. The summed E-state index contributed by atoms with van der Waals surface area (Å²) in [6.45, 7) is 3.91. The second-order valence-electron chi connectivity index (χ2n) is 4.89. The number of hydrogen-bond donors (Lipinski definition) is 1. The lowest BCUT2D eigenvalue weighted by Crippen LogP contribution is -2.39. The number of rotatable bonds is 6. The van der Waals surface area contributed by atoms with Gasteiger partial charge in [0.15, 0.2) is 0 Å². The van der Waals surface area contributed by atoms with Crippen molar-refractivity contribution < 1.29 is 19.4 Å². The third-order valence-corrected chi connectivity index (χ3v) is 3.54. The van der Waals surface area contributed by atoms with Crippen molar-refractivity contribution in [3.63, 3.8) is 0 Å². The molecule has 1 unspecified atom stereocenters. The maximum atomic E-state index is 12.3. The molecule has 0 aromatic carbocycles. The molecule has 1 aliphatic rings. The normalized spacial score (nSPS) is 18.1. The molecule has 0 aliphatic carbocycles. The van der Waals surface area contributed by atoms with Crippen molar-refractivity contribution >= 4 is 11.9 Å². The fourth-order valence-corrected chi connectivity index (χ4v) is 2.43. The fraction of sp³-hybridized carbons (Fsp3) is 0.571. The Morgan fingerprint density at radius 2 is 2.35 bits per heavy atom. The van der Waals surface area contributed by atoms with Gasteiger partial charge in [-0.25, -0.2) is 4.79 Å². The van der Waals surface area contributed by atoms with Gasteiger partial charge >= 0.3 is 5.97 Å². The maximum Gasteiger partial charge on any atom is 0.352 e. The van der Waals surface area contributed by atoms with Crippen LogP contribution in [0.3, 0.4) is 0 Å². The summed E-state index contributed by atoms with van der Waals surface area (Å²) < 4.78 is 7.00. The largest absolute Gasteiger partial charge is 0.477 e. The Hall–Kier alpha value is -1.82. The predicted molar refractivity (Wildman–Crippen MR) is 72.6 cm³/mol. The summed E-state index contributed by atoms with van der Waals surface area (Å²) in [5.74, 6) is -1.10. The van der Waals surface area contributed by atoms with Crippen LogP contribution in [0.2, 0.25) is 0 Å². The molecule has 1 aliphatic heterocycles. The molecule has 1 aromatic heterocycles. The Labute approximate surface area is 117 Å². The van der Waals surface area contributed by atoms with Gasteiger partial charge in [-0.2, -0.15) is 0 Å². The summed E-state index contributed by atoms with van der Waals surface area (Å²) in [5, 5.41) is 9.03. The van der Waals surface area contributed by atoms with E-state index in [0.29, 0.717) is 13.1 Å². The minimum absolute atomic E-state index is 0.0508. The predicted octanol–water partition coefficient (Wildman–Crippen LogP) is 1.21. The topological polar surface area (TPSA) is 71.8 Å². The molecular formula is C14H20N2O4. The van der Waals surface area contributed by atoms with E-state index in [4.69, 9.17) is 9.84 Å². The minimum Gasteiger partial charge on any atom is -0.477 e. The molecule has 2 heterocycles. The Bertz CT molecular complexity index is 477. The van der Waals surface area contributed by atoms with Crippen molar-refractivity contribution in [1.29, 1.82) is 0 Å². The van der Waals surface area contributed by atoms with E-state index in [-0.39, 0.29) is 24.2 Å². The molecule has 1 fully saturated rings. The number of carbonyl (C=O) groups excluding carboxylic acids is 1. The molecule has 1 N–H and O–H groups in total. The fourth-order valence-electron chi connectivity index (χ4n) is 2.43. The lowest BCUT2D eigenvalue weighted by Gasteiger charge is -2.24. The number of ether oxygens (including phenoxy) is 1. The highest BCUT2D eigenvalue weighted by Crippen LogP contribution is 2.14. The molecule has 1 saturated heterocycles. The van der Waals surface area contributed by atoms with E-state index in [1.54, 1.807) is 17.2 Å². The van der Waals surface area contributed by atoms with Crippen LogP contribution in [-0.2, 0) is 16.1 Å². The van der Waals surface area contributed by atoms with Crippen LogP contribution >= 0.6 is 0 Å². The maximum absolute atomic E-state index is 12.3. The highest BCUT2D eigenvalue weighted by atomic mass is 16.5. The Balaban J connectivity index is 1.97. The van der Waals surface area contributed by atoms with Gasteiger partial charge in [-0.05, 0) is 31.9 Å². The zero-order valence-electron chi connectivity index (χ0n) is 11.6. The smallest absolute Gasteiger partial charge is 0.352 e. The molecule has 1 amide bonds. The molecule has 1 aromatic rings. The molecular weight excluding hydrogens is 260 g/mol. The number of aromatic nitrogens is 1. The van der Waals surface area contributed by atoms with E-state index in [1.165, 1.54) is 10.6 Å². The van der Waals surface area contributed by atoms with Crippen LogP contribution in [0, 0.1) is 0 Å². The van der Waals surface area contributed by atoms with Crippen molar-refractivity contribution in [3.8, 4) is 0 Å². The number of likely N-dealkylation sites (N-methyl/N-ethyl adjacent to an activating group) is 1. The van der Waals surface area contributed by atoms with E-state index in [9.17, 15) is 9.59 Å².